The molecule has 0 aromatic rings. The van der Waals surface area contributed by atoms with Gasteiger partial charge >= 0.3 is 11.9 Å². The summed E-state index contributed by atoms with van der Waals surface area (Å²) in [5.41, 5.74) is 0. The lowest BCUT2D eigenvalue weighted by molar-refractivity contribution is -0.147. The molecule has 0 heterocycles. The molecule has 0 aliphatic carbocycles. The van der Waals surface area contributed by atoms with Crippen LogP contribution in [0.15, 0.2) is 0 Å². The molecule has 0 rings (SSSR count). The minimum Gasteiger partial charge on any atom is -0.481 e. The van der Waals surface area contributed by atoms with Crippen LogP contribution in [0.25, 0.3) is 0 Å². The summed E-state index contributed by atoms with van der Waals surface area (Å²) in [6.45, 7) is 3.57. The van der Waals surface area contributed by atoms with E-state index in [9.17, 15) is 14.4 Å². The van der Waals surface area contributed by atoms with E-state index in [2.05, 4.69) is 6.92 Å². The highest BCUT2D eigenvalue weighted by Gasteiger charge is 2.18. The van der Waals surface area contributed by atoms with Crippen molar-refractivity contribution in [3.63, 3.8) is 0 Å². The Labute approximate surface area is 162 Å². The van der Waals surface area contributed by atoms with Crippen LogP contribution >= 0.6 is 11.6 Å². The van der Waals surface area contributed by atoms with Gasteiger partial charge in [0.25, 0.3) is 0 Å². The zero-order chi connectivity index (χ0) is 19.8. The molecule has 5 nitrogen and oxygen atoms in total. The quantitative estimate of drug-likeness (QED) is 0.202. The highest BCUT2D eigenvalue weighted by atomic mass is 35.5. The number of halogens is 1. The van der Waals surface area contributed by atoms with Gasteiger partial charge in [0.1, 0.15) is 6.10 Å². The zero-order valence-electron chi connectivity index (χ0n) is 16.3. The molecule has 0 spiro atoms. The SMILES string of the molecule is CCCCCC(CCCC(CCCCCCC(=O)O)C(=O)Cl)OC(C)=O. The van der Waals surface area contributed by atoms with Gasteiger partial charge < -0.3 is 9.84 Å². The van der Waals surface area contributed by atoms with Crippen molar-refractivity contribution >= 4 is 28.8 Å². The van der Waals surface area contributed by atoms with Crippen LogP contribution in [0.1, 0.15) is 97.3 Å². The highest BCUT2D eigenvalue weighted by molar-refractivity contribution is 6.63. The van der Waals surface area contributed by atoms with E-state index >= 15 is 0 Å². The van der Waals surface area contributed by atoms with E-state index in [-0.39, 0.29) is 29.7 Å². The molecule has 2 atom stereocenters. The fourth-order valence-corrected chi connectivity index (χ4v) is 3.32. The number of carboxylic acid groups (broad SMARTS) is 1. The predicted molar refractivity (Wildman–Crippen MR) is 103 cm³/mol. The number of hydrogen-bond donors (Lipinski definition) is 1. The average molecular weight is 391 g/mol. The average Bonchev–Trinajstić information content (AvgIpc) is 2.55. The Hall–Kier alpha value is -1.10. The van der Waals surface area contributed by atoms with Gasteiger partial charge in [-0.15, -0.1) is 0 Å². The Balaban J connectivity index is 4.09. The Morgan fingerprint density at radius 3 is 2.04 bits per heavy atom. The first-order chi connectivity index (χ1) is 12.4. The van der Waals surface area contributed by atoms with Gasteiger partial charge in [0.2, 0.25) is 5.24 Å². The van der Waals surface area contributed by atoms with Crippen LogP contribution in [0.3, 0.4) is 0 Å². The molecule has 2 unspecified atom stereocenters. The summed E-state index contributed by atoms with van der Waals surface area (Å²) in [5.74, 6) is -1.18. The van der Waals surface area contributed by atoms with Gasteiger partial charge in [-0.3, -0.25) is 14.4 Å². The first-order valence-electron chi connectivity index (χ1n) is 9.95. The number of carbonyl (C=O) groups is 3. The molecule has 0 aromatic carbocycles. The molecular weight excluding hydrogens is 356 g/mol. The smallest absolute Gasteiger partial charge is 0.303 e. The van der Waals surface area contributed by atoms with Crippen LogP contribution < -0.4 is 0 Å². The molecule has 152 valence electrons. The number of carboxylic acids is 1. The number of ether oxygens (including phenoxy) is 1. The van der Waals surface area contributed by atoms with Crippen molar-refractivity contribution in [2.45, 2.75) is 103 Å². The van der Waals surface area contributed by atoms with Crippen LogP contribution in [-0.4, -0.2) is 28.4 Å². The Bertz CT molecular complexity index is 411. The molecule has 0 saturated heterocycles. The second-order valence-corrected chi connectivity index (χ2v) is 7.38. The van der Waals surface area contributed by atoms with Crippen LogP contribution in [0.2, 0.25) is 0 Å². The fourth-order valence-electron chi connectivity index (χ4n) is 3.10. The van der Waals surface area contributed by atoms with Crippen molar-refractivity contribution < 1.29 is 24.2 Å². The molecule has 0 saturated carbocycles. The Kier molecular flexibility index (Phi) is 15.4. The standard InChI is InChI=1S/C20H35ClO5/c1-3-4-7-13-18(26-16(2)22)14-10-12-17(20(21)25)11-8-5-6-9-15-19(23)24/h17-18H,3-15H2,1-2H3,(H,23,24). The normalized spacial score (nSPS) is 13.2. The first-order valence-corrected chi connectivity index (χ1v) is 10.3. The van der Waals surface area contributed by atoms with E-state index in [0.29, 0.717) is 12.8 Å². The molecule has 0 aliphatic heterocycles. The molecule has 0 radical (unpaired) electrons. The second kappa shape index (κ2) is 16.1. The molecule has 0 fully saturated rings. The lowest BCUT2D eigenvalue weighted by Crippen LogP contribution is -2.17. The van der Waals surface area contributed by atoms with Gasteiger partial charge in [-0.25, -0.2) is 0 Å². The molecular formula is C20H35ClO5. The summed E-state index contributed by atoms with van der Waals surface area (Å²) in [6.07, 6.45) is 10.7. The lowest BCUT2D eigenvalue weighted by atomic mass is 9.94. The maximum atomic E-state index is 11.6. The number of unbranched alkanes of at least 4 members (excludes halogenated alkanes) is 5. The first kappa shape index (κ1) is 24.9. The molecule has 0 aromatic heterocycles. The van der Waals surface area contributed by atoms with Crippen LogP contribution in [0, 0.1) is 5.92 Å². The van der Waals surface area contributed by atoms with Gasteiger partial charge in [-0.1, -0.05) is 39.0 Å². The van der Waals surface area contributed by atoms with Crippen molar-refractivity contribution in [2.24, 2.45) is 5.92 Å². The monoisotopic (exact) mass is 390 g/mol. The third kappa shape index (κ3) is 15.2. The summed E-state index contributed by atoms with van der Waals surface area (Å²) < 4.78 is 5.38. The summed E-state index contributed by atoms with van der Waals surface area (Å²) >= 11 is 5.73. The molecule has 0 amide bonds. The Morgan fingerprint density at radius 1 is 0.885 bits per heavy atom. The van der Waals surface area contributed by atoms with E-state index in [1.807, 2.05) is 0 Å². The zero-order valence-corrected chi connectivity index (χ0v) is 17.1. The predicted octanol–water partition coefficient (Wildman–Crippen LogP) is 5.48. The third-order valence-electron chi connectivity index (χ3n) is 4.56. The summed E-state index contributed by atoms with van der Waals surface area (Å²) in [4.78, 5) is 33.3. The highest BCUT2D eigenvalue weighted by Crippen LogP contribution is 2.22. The largest absolute Gasteiger partial charge is 0.481 e. The van der Waals surface area contributed by atoms with Gasteiger partial charge in [0, 0.05) is 19.3 Å². The van der Waals surface area contributed by atoms with E-state index in [0.717, 1.165) is 64.2 Å². The number of rotatable bonds is 17. The minimum atomic E-state index is -0.764. The second-order valence-electron chi connectivity index (χ2n) is 7.01. The molecule has 0 aliphatic rings. The number of carbonyl (C=O) groups excluding carboxylic acids is 2. The minimum absolute atomic E-state index is 0.0684. The van der Waals surface area contributed by atoms with Gasteiger partial charge in [0.15, 0.2) is 0 Å². The van der Waals surface area contributed by atoms with Crippen molar-refractivity contribution in [3.05, 3.63) is 0 Å². The molecule has 1 N–H and O–H groups in total. The molecule has 6 heteroatoms. The summed E-state index contributed by atoms with van der Waals surface area (Å²) in [7, 11) is 0. The number of aliphatic carboxylic acids is 1. The van der Waals surface area contributed by atoms with Crippen molar-refractivity contribution in [3.8, 4) is 0 Å². The van der Waals surface area contributed by atoms with Crippen molar-refractivity contribution in [1.29, 1.82) is 0 Å². The lowest BCUT2D eigenvalue weighted by Gasteiger charge is -2.18. The summed E-state index contributed by atoms with van der Waals surface area (Å²) in [5, 5.41) is 8.30. The van der Waals surface area contributed by atoms with Gasteiger partial charge in [-0.05, 0) is 56.5 Å². The number of hydrogen-bond acceptors (Lipinski definition) is 4. The fraction of sp³-hybridized carbons (Fsp3) is 0.850. The van der Waals surface area contributed by atoms with Crippen LogP contribution in [-0.2, 0) is 19.1 Å². The molecule has 26 heavy (non-hydrogen) atoms. The Morgan fingerprint density at radius 2 is 1.46 bits per heavy atom. The third-order valence-corrected chi connectivity index (χ3v) is 4.86. The maximum Gasteiger partial charge on any atom is 0.303 e. The van der Waals surface area contributed by atoms with Crippen LogP contribution in [0.5, 0.6) is 0 Å². The van der Waals surface area contributed by atoms with Crippen molar-refractivity contribution in [2.75, 3.05) is 0 Å². The number of esters is 1. The van der Waals surface area contributed by atoms with Crippen molar-refractivity contribution in [1.82, 2.24) is 0 Å². The molecule has 0 bridgehead atoms. The van der Waals surface area contributed by atoms with Gasteiger partial charge in [0.05, 0.1) is 0 Å². The topological polar surface area (TPSA) is 80.7 Å². The summed E-state index contributed by atoms with van der Waals surface area (Å²) in [6, 6.07) is 0. The van der Waals surface area contributed by atoms with Gasteiger partial charge in [-0.2, -0.15) is 0 Å². The van der Waals surface area contributed by atoms with E-state index in [1.165, 1.54) is 6.92 Å². The van der Waals surface area contributed by atoms with E-state index in [4.69, 9.17) is 21.4 Å². The van der Waals surface area contributed by atoms with E-state index < -0.39 is 5.97 Å². The maximum absolute atomic E-state index is 11.6. The van der Waals surface area contributed by atoms with Crippen LogP contribution in [0.4, 0.5) is 0 Å². The van der Waals surface area contributed by atoms with E-state index in [1.54, 1.807) is 0 Å².